The fourth-order valence-corrected chi connectivity index (χ4v) is 2.03. The van der Waals surface area contributed by atoms with Gasteiger partial charge < -0.3 is 14.2 Å². The average Bonchev–Trinajstić information content (AvgIpc) is 2.73. The number of methoxy groups -OCH3 is 1. The lowest BCUT2D eigenvalue weighted by atomic mass is 10.2. The molecule has 0 spiro atoms. The van der Waals surface area contributed by atoms with Gasteiger partial charge in [-0.15, -0.1) is 0 Å². The summed E-state index contributed by atoms with van der Waals surface area (Å²) in [5.74, 6) is 0.876. The van der Waals surface area contributed by atoms with E-state index in [1.165, 1.54) is 0 Å². The fourth-order valence-electron chi connectivity index (χ4n) is 2.03. The Balaban J connectivity index is 1.65. The van der Waals surface area contributed by atoms with Gasteiger partial charge in [-0.1, -0.05) is 24.3 Å². The SMILES string of the molecule is COc1ccc(COCCC2C=CCCCO2)cc1. The van der Waals surface area contributed by atoms with Crippen LogP contribution in [0.4, 0.5) is 0 Å². The van der Waals surface area contributed by atoms with Crippen LogP contribution in [-0.2, 0) is 16.1 Å². The zero-order chi connectivity index (χ0) is 13.3. The highest BCUT2D eigenvalue weighted by Crippen LogP contribution is 2.13. The van der Waals surface area contributed by atoms with E-state index in [-0.39, 0.29) is 6.10 Å². The summed E-state index contributed by atoms with van der Waals surface area (Å²) in [6, 6.07) is 7.97. The van der Waals surface area contributed by atoms with E-state index in [0.717, 1.165) is 43.8 Å². The van der Waals surface area contributed by atoms with Gasteiger partial charge in [0.25, 0.3) is 0 Å². The Kier molecular flexibility index (Phi) is 5.92. The van der Waals surface area contributed by atoms with Crippen molar-refractivity contribution in [2.75, 3.05) is 20.3 Å². The molecule has 0 aliphatic carbocycles. The van der Waals surface area contributed by atoms with Gasteiger partial charge in [0, 0.05) is 19.6 Å². The highest BCUT2D eigenvalue weighted by Gasteiger charge is 2.07. The number of hydrogen-bond donors (Lipinski definition) is 0. The first kappa shape index (κ1) is 14.1. The van der Waals surface area contributed by atoms with Crippen molar-refractivity contribution in [1.82, 2.24) is 0 Å². The molecule has 1 aliphatic rings. The topological polar surface area (TPSA) is 27.7 Å². The molecular formula is C16H22O3. The van der Waals surface area contributed by atoms with Crippen LogP contribution >= 0.6 is 0 Å². The molecule has 19 heavy (non-hydrogen) atoms. The second-order valence-corrected chi connectivity index (χ2v) is 4.67. The summed E-state index contributed by atoms with van der Waals surface area (Å²) in [6.45, 7) is 2.22. The first-order chi connectivity index (χ1) is 9.38. The van der Waals surface area contributed by atoms with Crippen molar-refractivity contribution in [2.24, 2.45) is 0 Å². The Hall–Kier alpha value is -1.32. The maximum Gasteiger partial charge on any atom is 0.118 e. The summed E-state index contributed by atoms with van der Waals surface area (Å²) < 4.78 is 16.5. The normalized spacial score (nSPS) is 19.1. The fraction of sp³-hybridized carbons (Fsp3) is 0.500. The molecule has 3 heteroatoms. The summed E-state index contributed by atoms with van der Waals surface area (Å²) >= 11 is 0. The van der Waals surface area contributed by atoms with E-state index < -0.39 is 0 Å². The lowest BCUT2D eigenvalue weighted by Crippen LogP contribution is -2.12. The first-order valence-corrected chi connectivity index (χ1v) is 6.87. The molecule has 0 N–H and O–H groups in total. The number of benzene rings is 1. The van der Waals surface area contributed by atoms with Gasteiger partial charge in [0.05, 0.1) is 19.8 Å². The van der Waals surface area contributed by atoms with Crippen LogP contribution in [0.5, 0.6) is 5.75 Å². The highest BCUT2D eigenvalue weighted by atomic mass is 16.5. The molecule has 1 aromatic carbocycles. The molecule has 104 valence electrons. The maximum absolute atomic E-state index is 5.70. The second-order valence-electron chi connectivity index (χ2n) is 4.67. The van der Waals surface area contributed by atoms with Crippen molar-refractivity contribution in [2.45, 2.75) is 32.0 Å². The lowest BCUT2D eigenvalue weighted by molar-refractivity contribution is 0.0441. The second kappa shape index (κ2) is 7.97. The zero-order valence-electron chi connectivity index (χ0n) is 11.5. The summed E-state index contributed by atoms with van der Waals surface area (Å²) in [7, 11) is 1.67. The van der Waals surface area contributed by atoms with E-state index in [4.69, 9.17) is 14.2 Å². The Morgan fingerprint density at radius 2 is 2.11 bits per heavy atom. The monoisotopic (exact) mass is 262 g/mol. The van der Waals surface area contributed by atoms with Crippen LogP contribution < -0.4 is 4.74 Å². The molecule has 0 saturated carbocycles. The molecule has 1 unspecified atom stereocenters. The van der Waals surface area contributed by atoms with Gasteiger partial charge >= 0.3 is 0 Å². The van der Waals surface area contributed by atoms with Gasteiger partial charge in [0.1, 0.15) is 5.75 Å². The van der Waals surface area contributed by atoms with Crippen LogP contribution in [0.3, 0.4) is 0 Å². The van der Waals surface area contributed by atoms with E-state index in [9.17, 15) is 0 Å². The average molecular weight is 262 g/mol. The van der Waals surface area contributed by atoms with E-state index in [1.807, 2.05) is 24.3 Å². The predicted molar refractivity (Wildman–Crippen MR) is 75.4 cm³/mol. The minimum absolute atomic E-state index is 0.221. The third kappa shape index (κ3) is 5.05. The van der Waals surface area contributed by atoms with Crippen molar-refractivity contribution in [3.8, 4) is 5.75 Å². The Bertz CT molecular complexity index is 383. The molecule has 0 aromatic heterocycles. The van der Waals surface area contributed by atoms with Crippen LogP contribution in [0.1, 0.15) is 24.8 Å². The molecule has 0 bridgehead atoms. The number of hydrogen-bond acceptors (Lipinski definition) is 3. The first-order valence-electron chi connectivity index (χ1n) is 6.87. The van der Waals surface area contributed by atoms with E-state index in [2.05, 4.69) is 12.2 Å². The number of allylic oxidation sites excluding steroid dienone is 1. The van der Waals surface area contributed by atoms with Crippen LogP contribution in [0, 0.1) is 0 Å². The highest BCUT2D eigenvalue weighted by molar-refractivity contribution is 5.26. The van der Waals surface area contributed by atoms with Gasteiger partial charge in [-0.25, -0.2) is 0 Å². The molecule has 0 amide bonds. The van der Waals surface area contributed by atoms with E-state index in [1.54, 1.807) is 7.11 Å². The van der Waals surface area contributed by atoms with Crippen molar-refractivity contribution < 1.29 is 14.2 Å². The Morgan fingerprint density at radius 1 is 1.26 bits per heavy atom. The molecule has 0 radical (unpaired) electrons. The Labute approximate surface area is 115 Å². The largest absolute Gasteiger partial charge is 0.497 e. The smallest absolute Gasteiger partial charge is 0.118 e. The van der Waals surface area contributed by atoms with Gasteiger partial charge in [-0.3, -0.25) is 0 Å². The third-order valence-electron chi connectivity index (χ3n) is 3.17. The standard InChI is InChI=1S/C16H22O3/c1-17-15-8-6-14(7-9-15)13-18-12-10-16-5-3-2-4-11-19-16/h3,5-9,16H,2,4,10-13H2,1H3. The molecule has 1 atom stereocenters. The van der Waals surface area contributed by atoms with Crippen LogP contribution in [-0.4, -0.2) is 26.4 Å². The van der Waals surface area contributed by atoms with Crippen molar-refractivity contribution in [3.05, 3.63) is 42.0 Å². The molecule has 1 heterocycles. The third-order valence-corrected chi connectivity index (χ3v) is 3.17. The minimum atomic E-state index is 0.221. The lowest BCUT2D eigenvalue weighted by Gasteiger charge is -2.12. The minimum Gasteiger partial charge on any atom is -0.497 e. The summed E-state index contributed by atoms with van der Waals surface area (Å²) in [5.41, 5.74) is 1.16. The van der Waals surface area contributed by atoms with Crippen molar-refractivity contribution in [3.63, 3.8) is 0 Å². The van der Waals surface area contributed by atoms with Crippen molar-refractivity contribution in [1.29, 1.82) is 0 Å². The van der Waals surface area contributed by atoms with Crippen LogP contribution in [0.15, 0.2) is 36.4 Å². The van der Waals surface area contributed by atoms with Crippen LogP contribution in [0.2, 0.25) is 0 Å². The van der Waals surface area contributed by atoms with E-state index >= 15 is 0 Å². The summed E-state index contributed by atoms with van der Waals surface area (Å²) in [6.07, 6.45) is 7.76. The molecule has 0 saturated heterocycles. The van der Waals surface area contributed by atoms with Crippen LogP contribution in [0.25, 0.3) is 0 Å². The molecule has 1 aromatic rings. The van der Waals surface area contributed by atoms with E-state index in [0.29, 0.717) is 6.61 Å². The Morgan fingerprint density at radius 3 is 2.89 bits per heavy atom. The number of rotatable bonds is 6. The molecule has 3 nitrogen and oxygen atoms in total. The number of ether oxygens (including phenoxy) is 3. The van der Waals surface area contributed by atoms with Gasteiger partial charge in [-0.2, -0.15) is 0 Å². The van der Waals surface area contributed by atoms with Gasteiger partial charge in [-0.05, 0) is 30.5 Å². The summed E-state index contributed by atoms with van der Waals surface area (Å²) in [5, 5.41) is 0. The maximum atomic E-state index is 5.70. The quantitative estimate of drug-likeness (QED) is 0.581. The molecule has 1 aliphatic heterocycles. The summed E-state index contributed by atoms with van der Waals surface area (Å²) in [4.78, 5) is 0. The predicted octanol–water partition coefficient (Wildman–Crippen LogP) is 3.34. The zero-order valence-corrected chi connectivity index (χ0v) is 11.5. The van der Waals surface area contributed by atoms with Gasteiger partial charge in [0.2, 0.25) is 0 Å². The molecular weight excluding hydrogens is 240 g/mol. The van der Waals surface area contributed by atoms with Gasteiger partial charge in [0.15, 0.2) is 0 Å². The van der Waals surface area contributed by atoms with Crippen molar-refractivity contribution >= 4 is 0 Å². The molecule has 0 fully saturated rings. The molecule has 2 rings (SSSR count).